The highest BCUT2D eigenvalue weighted by Gasteiger charge is 2.31. The number of rotatable bonds is 5. The zero-order chi connectivity index (χ0) is 22.7. The summed E-state index contributed by atoms with van der Waals surface area (Å²) in [5, 5.41) is 0. The lowest BCUT2D eigenvalue weighted by atomic mass is 10.1. The minimum atomic E-state index is -4.70. The molecule has 0 bridgehead atoms. The Labute approximate surface area is 184 Å². The molecular weight excluding hydrogens is 423 g/mol. The van der Waals surface area contributed by atoms with Crippen molar-refractivity contribution >= 4 is 17.5 Å². The number of alkyl halides is 3. The summed E-state index contributed by atoms with van der Waals surface area (Å²) in [6, 6.07) is 13.0. The van der Waals surface area contributed by atoms with E-state index in [1.165, 1.54) is 12.1 Å². The van der Waals surface area contributed by atoms with Crippen molar-refractivity contribution in [2.75, 3.05) is 37.6 Å². The van der Waals surface area contributed by atoms with Gasteiger partial charge in [-0.3, -0.25) is 14.5 Å². The van der Waals surface area contributed by atoms with E-state index in [0.29, 0.717) is 51.3 Å². The lowest BCUT2D eigenvalue weighted by Gasteiger charge is -2.35. The lowest BCUT2D eigenvalue weighted by molar-refractivity contribution is -0.274. The van der Waals surface area contributed by atoms with Crippen molar-refractivity contribution in [2.45, 2.75) is 25.7 Å². The van der Waals surface area contributed by atoms with Crippen molar-refractivity contribution in [1.82, 2.24) is 9.80 Å². The summed E-state index contributed by atoms with van der Waals surface area (Å²) >= 11 is 0. The van der Waals surface area contributed by atoms with Crippen LogP contribution >= 0.6 is 0 Å². The van der Waals surface area contributed by atoms with Crippen LogP contribution in [0.15, 0.2) is 48.5 Å². The summed E-state index contributed by atoms with van der Waals surface area (Å²) in [5.41, 5.74) is 2.29. The minimum absolute atomic E-state index is 0.0439. The SMILES string of the molecule is O=C(c1ccc(N2CCCC2=O)cc1)N1CCN(Cc2ccc(OC(F)(F)F)cc2)CC1. The molecule has 0 aliphatic carbocycles. The number of hydrogen-bond donors (Lipinski definition) is 0. The van der Waals surface area contributed by atoms with Gasteiger partial charge in [0, 0.05) is 56.9 Å². The molecule has 2 aromatic carbocycles. The van der Waals surface area contributed by atoms with Gasteiger partial charge >= 0.3 is 6.36 Å². The van der Waals surface area contributed by atoms with Gasteiger partial charge in [-0.2, -0.15) is 0 Å². The minimum Gasteiger partial charge on any atom is -0.406 e. The van der Waals surface area contributed by atoms with Crippen LogP contribution in [-0.2, 0) is 11.3 Å². The highest BCUT2D eigenvalue weighted by Crippen LogP contribution is 2.24. The summed E-state index contributed by atoms with van der Waals surface area (Å²) in [5.74, 6) is -0.169. The summed E-state index contributed by atoms with van der Waals surface area (Å²) < 4.78 is 40.7. The van der Waals surface area contributed by atoms with E-state index < -0.39 is 6.36 Å². The number of piperazine rings is 1. The third-order valence-electron chi connectivity index (χ3n) is 5.72. The third-order valence-corrected chi connectivity index (χ3v) is 5.72. The molecule has 2 aliphatic rings. The Hall–Kier alpha value is -3.07. The Balaban J connectivity index is 1.28. The number of nitrogens with zero attached hydrogens (tertiary/aromatic N) is 3. The Bertz CT molecular complexity index is 953. The number of carbonyl (C=O) groups is 2. The Kier molecular flexibility index (Phi) is 6.36. The number of benzene rings is 2. The van der Waals surface area contributed by atoms with Crippen LogP contribution < -0.4 is 9.64 Å². The highest BCUT2D eigenvalue weighted by molar-refractivity contribution is 5.97. The predicted molar refractivity (Wildman–Crippen MR) is 112 cm³/mol. The molecule has 0 spiro atoms. The van der Waals surface area contributed by atoms with E-state index in [1.54, 1.807) is 34.1 Å². The number of anilines is 1. The van der Waals surface area contributed by atoms with Crippen LogP contribution in [0.2, 0.25) is 0 Å². The van der Waals surface area contributed by atoms with E-state index in [4.69, 9.17) is 0 Å². The molecule has 9 heteroatoms. The largest absolute Gasteiger partial charge is 0.573 e. The third kappa shape index (κ3) is 5.40. The summed E-state index contributed by atoms with van der Waals surface area (Å²) in [6.45, 7) is 3.79. The first-order valence-electron chi connectivity index (χ1n) is 10.6. The maximum Gasteiger partial charge on any atom is 0.573 e. The van der Waals surface area contributed by atoms with Gasteiger partial charge in [0.1, 0.15) is 5.75 Å². The summed E-state index contributed by atoms with van der Waals surface area (Å²) in [6.07, 6.45) is -3.28. The fourth-order valence-electron chi connectivity index (χ4n) is 4.05. The number of hydrogen-bond acceptors (Lipinski definition) is 4. The molecule has 0 N–H and O–H groups in total. The zero-order valence-corrected chi connectivity index (χ0v) is 17.5. The molecule has 2 fully saturated rings. The quantitative estimate of drug-likeness (QED) is 0.702. The molecule has 170 valence electrons. The molecule has 2 saturated heterocycles. The van der Waals surface area contributed by atoms with Crippen LogP contribution in [0, 0.1) is 0 Å². The fourth-order valence-corrected chi connectivity index (χ4v) is 4.05. The molecule has 6 nitrogen and oxygen atoms in total. The number of carbonyl (C=O) groups excluding carboxylic acids is 2. The first kappa shape index (κ1) is 22.1. The second-order valence-electron chi connectivity index (χ2n) is 7.96. The van der Waals surface area contributed by atoms with Gasteiger partial charge in [-0.15, -0.1) is 13.2 Å². The van der Waals surface area contributed by atoms with Gasteiger partial charge in [0.15, 0.2) is 0 Å². The van der Waals surface area contributed by atoms with Crippen molar-refractivity contribution in [2.24, 2.45) is 0 Å². The summed E-state index contributed by atoms with van der Waals surface area (Å²) in [4.78, 5) is 30.4. The number of halogens is 3. The molecule has 2 amide bonds. The normalized spacial score (nSPS) is 17.7. The number of amides is 2. The highest BCUT2D eigenvalue weighted by atomic mass is 19.4. The van der Waals surface area contributed by atoms with Gasteiger partial charge in [-0.05, 0) is 48.4 Å². The van der Waals surface area contributed by atoms with Crippen molar-refractivity contribution in [3.8, 4) is 5.75 Å². The molecular formula is C23H24F3N3O3. The van der Waals surface area contributed by atoms with Crippen LogP contribution in [0.1, 0.15) is 28.8 Å². The summed E-state index contributed by atoms with van der Waals surface area (Å²) in [7, 11) is 0. The van der Waals surface area contributed by atoms with E-state index >= 15 is 0 Å². The Morgan fingerprint density at radius 3 is 2.12 bits per heavy atom. The Morgan fingerprint density at radius 1 is 0.906 bits per heavy atom. The maximum absolute atomic E-state index is 12.8. The predicted octanol–water partition coefficient (Wildman–Crippen LogP) is 3.67. The molecule has 0 unspecified atom stereocenters. The van der Waals surface area contributed by atoms with E-state index in [-0.39, 0.29) is 17.6 Å². The van der Waals surface area contributed by atoms with Gasteiger partial charge in [0.25, 0.3) is 5.91 Å². The monoisotopic (exact) mass is 447 g/mol. The zero-order valence-electron chi connectivity index (χ0n) is 17.5. The van der Waals surface area contributed by atoms with Gasteiger partial charge in [-0.25, -0.2) is 0 Å². The molecule has 4 rings (SSSR count). The maximum atomic E-state index is 12.8. The lowest BCUT2D eigenvalue weighted by Crippen LogP contribution is -2.48. The van der Waals surface area contributed by atoms with Gasteiger partial charge in [0.05, 0.1) is 0 Å². The molecule has 2 aliphatic heterocycles. The molecule has 0 atom stereocenters. The second-order valence-corrected chi connectivity index (χ2v) is 7.96. The molecule has 0 saturated carbocycles. The molecule has 0 aromatic heterocycles. The molecule has 2 aromatic rings. The topological polar surface area (TPSA) is 53.1 Å². The molecule has 2 heterocycles. The van der Waals surface area contributed by atoms with Crippen LogP contribution in [-0.4, -0.2) is 60.7 Å². The van der Waals surface area contributed by atoms with Gasteiger partial charge < -0.3 is 14.5 Å². The van der Waals surface area contributed by atoms with Gasteiger partial charge in [-0.1, -0.05) is 12.1 Å². The first-order valence-corrected chi connectivity index (χ1v) is 10.6. The van der Waals surface area contributed by atoms with Crippen LogP contribution in [0.3, 0.4) is 0 Å². The smallest absolute Gasteiger partial charge is 0.406 e. The second kappa shape index (κ2) is 9.20. The molecule has 32 heavy (non-hydrogen) atoms. The van der Waals surface area contributed by atoms with Crippen LogP contribution in [0.5, 0.6) is 5.75 Å². The average Bonchev–Trinajstić information content (AvgIpc) is 3.20. The van der Waals surface area contributed by atoms with E-state index in [9.17, 15) is 22.8 Å². The van der Waals surface area contributed by atoms with Crippen molar-refractivity contribution in [3.05, 3.63) is 59.7 Å². The van der Waals surface area contributed by atoms with E-state index in [0.717, 1.165) is 17.7 Å². The van der Waals surface area contributed by atoms with Crippen molar-refractivity contribution in [1.29, 1.82) is 0 Å². The Morgan fingerprint density at radius 2 is 1.56 bits per heavy atom. The van der Waals surface area contributed by atoms with Gasteiger partial charge in [0.2, 0.25) is 5.91 Å². The van der Waals surface area contributed by atoms with E-state index in [2.05, 4.69) is 9.64 Å². The van der Waals surface area contributed by atoms with Crippen molar-refractivity contribution in [3.63, 3.8) is 0 Å². The van der Waals surface area contributed by atoms with Crippen molar-refractivity contribution < 1.29 is 27.5 Å². The van der Waals surface area contributed by atoms with E-state index in [1.807, 2.05) is 12.1 Å². The molecule has 0 radical (unpaired) electrons. The van der Waals surface area contributed by atoms with Crippen LogP contribution in [0.25, 0.3) is 0 Å². The average molecular weight is 447 g/mol. The first-order chi connectivity index (χ1) is 15.3. The van der Waals surface area contributed by atoms with Crippen LogP contribution in [0.4, 0.5) is 18.9 Å². The standard InChI is InChI=1S/C23H24F3N3O3/c24-23(25,26)32-20-9-3-17(4-10-20)16-27-12-14-28(15-13-27)22(31)18-5-7-19(8-6-18)29-11-1-2-21(29)30/h3-10H,1-2,11-16H2. The number of ether oxygens (including phenoxy) is 1. The fraction of sp³-hybridized carbons (Fsp3) is 0.391.